The Morgan fingerprint density at radius 2 is 1.70 bits per heavy atom. The monoisotopic (exact) mass is 431 g/mol. The molecule has 0 radical (unpaired) electrons. The van der Waals surface area contributed by atoms with Crippen molar-refractivity contribution in [3.8, 4) is 28.7 Å². The molecular weight excluding hydrogens is 416 g/mol. The van der Waals surface area contributed by atoms with Crippen molar-refractivity contribution >= 4 is 5.91 Å². The summed E-state index contributed by atoms with van der Waals surface area (Å²) in [7, 11) is 0. The van der Waals surface area contributed by atoms with Gasteiger partial charge in [0.1, 0.15) is 5.75 Å². The van der Waals surface area contributed by atoms with E-state index in [1.807, 2.05) is 0 Å². The van der Waals surface area contributed by atoms with Gasteiger partial charge in [0.2, 0.25) is 0 Å². The molecule has 0 aliphatic heterocycles. The summed E-state index contributed by atoms with van der Waals surface area (Å²) in [5, 5.41) is 11.0. The molecule has 0 saturated carbocycles. The molecule has 0 saturated heterocycles. The number of benzene rings is 2. The zero-order chi connectivity index (χ0) is 22.4. The number of nitrogens with one attached hydrogen (secondary N) is 1. The first-order valence-corrected chi connectivity index (χ1v) is 8.48. The zero-order valence-electron chi connectivity index (χ0n) is 15.2. The molecule has 2 rings (SSSR count). The standard InChI is InChI=1S/C20H15F6NO3/c21-19(22,23)17-12-13(3-9-18(29)27-10-1-11-28)2-8-16(17)14-4-6-15(7-5-14)30-20(24,25)26/h2,4-8,12,28H,1,10-11H2,(H,27,29). The van der Waals surface area contributed by atoms with Crippen molar-refractivity contribution in [1.29, 1.82) is 0 Å². The van der Waals surface area contributed by atoms with Crippen LogP contribution in [-0.4, -0.2) is 30.5 Å². The Labute approximate surface area is 167 Å². The zero-order valence-corrected chi connectivity index (χ0v) is 15.2. The van der Waals surface area contributed by atoms with Crippen LogP contribution in [0, 0.1) is 11.8 Å². The van der Waals surface area contributed by atoms with Gasteiger partial charge in [0.15, 0.2) is 0 Å². The second-order valence-corrected chi connectivity index (χ2v) is 5.91. The van der Waals surface area contributed by atoms with Gasteiger partial charge in [0, 0.05) is 24.6 Å². The molecule has 2 aromatic rings. The fourth-order valence-electron chi connectivity index (χ4n) is 2.40. The van der Waals surface area contributed by atoms with Gasteiger partial charge in [-0.2, -0.15) is 13.2 Å². The fraction of sp³-hybridized carbons (Fsp3) is 0.250. The average molecular weight is 431 g/mol. The lowest BCUT2D eigenvalue weighted by Gasteiger charge is -2.14. The second kappa shape index (κ2) is 9.54. The minimum Gasteiger partial charge on any atom is -0.406 e. The van der Waals surface area contributed by atoms with E-state index in [9.17, 15) is 31.1 Å². The second-order valence-electron chi connectivity index (χ2n) is 5.91. The van der Waals surface area contributed by atoms with Crippen LogP contribution in [0.5, 0.6) is 5.75 Å². The summed E-state index contributed by atoms with van der Waals surface area (Å²) in [4.78, 5) is 11.5. The molecule has 0 aliphatic carbocycles. The van der Waals surface area contributed by atoms with E-state index in [2.05, 4.69) is 21.9 Å². The molecular formula is C20H15F6NO3. The number of rotatable bonds is 5. The van der Waals surface area contributed by atoms with Gasteiger partial charge in [-0.05, 0) is 41.8 Å². The van der Waals surface area contributed by atoms with E-state index < -0.39 is 29.8 Å². The first kappa shape index (κ1) is 23.1. The topological polar surface area (TPSA) is 58.6 Å². The summed E-state index contributed by atoms with van der Waals surface area (Å²) in [5.74, 6) is 3.21. The van der Waals surface area contributed by atoms with E-state index in [4.69, 9.17) is 5.11 Å². The van der Waals surface area contributed by atoms with Gasteiger partial charge in [-0.1, -0.05) is 24.1 Å². The summed E-state index contributed by atoms with van der Waals surface area (Å²) in [5.41, 5.74) is -1.36. The van der Waals surface area contributed by atoms with E-state index >= 15 is 0 Å². The maximum atomic E-state index is 13.5. The number of halogens is 6. The lowest BCUT2D eigenvalue weighted by Crippen LogP contribution is -2.23. The van der Waals surface area contributed by atoms with Crippen molar-refractivity contribution < 1.29 is 41.0 Å². The van der Waals surface area contributed by atoms with Crippen LogP contribution < -0.4 is 10.1 Å². The van der Waals surface area contributed by atoms with Crippen LogP contribution in [0.2, 0.25) is 0 Å². The highest BCUT2D eigenvalue weighted by Crippen LogP contribution is 2.38. The highest BCUT2D eigenvalue weighted by Gasteiger charge is 2.34. The van der Waals surface area contributed by atoms with Crippen molar-refractivity contribution in [3.05, 3.63) is 53.6 Å². The predicted molar refractivity (Wildman–Crippen MR) is 95.2 cm³/mol. The molecule has 160 valence electrons. The van der Waals surface area contributed by atoms with E-state index in [-0.39, 0.29) is 29.8 Å². The summed E-state index contributed by atoms with van der Waals surface area (Å²) >= 11 is 0. The molecule has 1 amide bonds. The van der Waals surface area contributed by atoms with E-state index in [1.165, 1.54) is 6.07 Å². The van der Waals surface area contributed by atoms with Crippen LogP contribution in [0.4, 0.5) is 26.3 Å². The lowest BCUT2D eigenvalue weighted by molar-refractivity contribution is -0.274. The number of alkyl halides is 6. The number of aliphatic hydroxyl groups excluding tert-OH is 1. The average Bonchev–Trinajstić information content (AvgIpc) is 2.65. The van der Waals surface area contributed by atoms with Gasteiger partial charge in [0.25, 0.3) is 5.91 Å². The third kappa shape index (κ3) is 7.00. The number of aliphatic hydroxyl groups is 1. The van der Waals surface area contributed by atoms with Crippen LogP contribution in [0.1, 0.15) is 17.5 Å². The molecule has 0 bridgehead atoms. The molecule has 0 spiro atoms. The Hall–Kier alpha value is -3.19. The summed E-state index contributed by atoms with van der Waals surface area (Å²) < 4.78 is 80.9. The molecule has 4 nitrogen and oxygen atoms in total. The minimum atomic E-state index is -4.91. The third-order valence-electron chi connectivity index (χ3n) is 3.66. The number of carbonyl (C=O) groups excluding carboxylic acids is 1. The van der Waals surface area contributed by atoms with Crippen molar-refractivity contribution in [2.45, 2.75) is 19.0 Å². The molecule has 30 heavy (non-hydrogen) atoms. The van der Waals surface area contributed by atoms with Gasteiger partial charge in [0.05, 0.1) is 5.56 Å². The summed E-state index contributed by atoms with van der Waals surface area (Å²) in [6.07, 6.45) is -9.37. The quantitative estimate of drug-likeness (QED) is 0.426. The first-order valence-electron chi connectivity index (χ1n) is 8.48. The number of ether oxygens (including phenoxy) is 1. The van der Waals surface area contributed by atoms with Crippen LogP contribution >= 0.6 is 0 Å². The molecule has 10 heteroatoms. The van der Waals surface area contributed by atoms with Gasteiger partial charge in [-0.15, -0.1) is 13.2 Å². The van der Waals surface area contributed by atoms with Crippen molar-refractivity contribution in [2.24, 2.45) is 0 Å². The van der Waals surface area contributed by atoms with Crippen molar-refractivity contribution in [1.82, 2.24) is 5.32 Å². The molecule has 0 heterocycles. The smallest absolute Gasteiger partial charge is 0.406 e. The Kier molecular flexibility index (Phi) is 7.34. The predicted octanol–water partition coefficient (Wildman–Crippen LogP) is 4.12. The van der Waals surface area contributed by atoms with Crippen LogP contribution in [0.3, 0.4) is 0 Å². The van der Waals surface area contributed by atoms with E-state index in [1.54, 1.807) is 0 Å². The third-order valence-corrected chi connectivity index (χ3v) is 3.66. The van der Waals surface area contributed by atoms with Gasteiger partial charge in [-0.25, -0.2) is 0 Å². The molecule has 0 unspecified atom stereocenters. The number of hydrogen-bond acceptors (Lipinski definition) is 3. The van der Waals surface area contributed by atoms with Crippen LogP contribution in [0.25, 0.3) is 11.1 Å². The number of amides is 1. The molecule has 0 atom stereocenters. The van der Waals surface area contributed by atoms with Crippen LogP contribution in [-0.2, 0) is 11.0 Å². The number of carbonyl (C=O) groups is 1. The lowest BCUT2D eigenvalue weighted by atomic mass is 9.97. The number of hydrogen-bond donors (Lipinski definition) is 2. The van der Waals surface area contributed by atoms with Crippen LogP contribution in [0.15, 0.2) is 42.5 Å². The molecule has 0 fully saturated rings. The van der Waals surface area contributed by atoms with Crippen molar-refractivity contribution in [2.75, 3.05) is 13.2 Å². The Bertz CT molecular complexity index is 940. The van der Waals surface area contributed by atoms with E-state index in [0.717, 1.165) is 36.4 Å². The maximum Gasteiger partial charge on any atom is 0.573 e. The largest absolute Gasteiger partial charge is 0.573 e. The Balaban J connectivity index is 2.31. The molecule has 0 aliphatic rings. The summed E-state index contributed by atoms with van der Waals surface area (Å²) in [6.45, 7) is 0.0399. The minimum absolute atomic E-state index is 0.0260. The Morgan fingerprint density at radius 3 is 2.27 bits per heavy atom. The Morgan fingerprint density at radius 1 is 1.03 bits per heavy atom. The normalized spacial score (nSPS) is 11.4. The highest BCUT2D eigenvalue weighted by molar-refractivity contribution is 5.94. The maximum absolute atomic E-state index is 13.5. The van der Waals surface area contributed by atoms with Gasteiger partial charge >= 0.3 is 12.5 Å². The fourth-order valence-corrected chi connectivity index (χ4v) is 2.40. The summed E-state index contributed by atoms with van der Waals surface area (Å²) in [6, 6.07) is 7.11. The van der Waals surface area contributed by atoms with E-state index in [0.29, 0.717) is 6.42 Å². The molecule has 0 aromatic heterocycles. The first-order chi connectivity index (χ1) is 14.0. The molecule has 2 aromatic carbocycles. The van der Waals surface area contributed by atoms with Gasteiger partial charge < -0.3 is 15.2 Å². The molecule has 2 N–H and O–H groups in total. The highest BCUT2D eigenvalue weighted by atomic mass is 19.4. The van der Waals surface area contributed by atoms with Crippen molar-refractivity contribution in [3.63, 3.8) is 0 Å². The SMILES string of the molecule is O=C(C#Cc1ccc(-c2ccc(OC(F)(F)F)cc2)c(C(F)(F)F)c1)NCCCO. The van der Waals surface area contributed by atoms with Gasteiger partial charge in [-0.3, -0.25) is 4.79 Å².